The number of ether oxygens (including phenoxy) is 1. The Hall–Kier alpha value is -4.71. The molecule has 0 radical (unpaired) electrons. The van der Waals surface area contributed by atoms with Crippen LogP contribution in [0.15, 0.2) is 75.7 Å². The van der Waals surface area contributed by atoms with Crippen molar-refractivity contribution in [3.8, 4) is 17.2 Å². The van der Waals surface area contributed by atoms with Gasteiger partial charge in [0.15, 0.2) is 5.58 Å². The van der Waals surface area contributed by atoms with E-state index in [4.69, 9.17) is 8.83 Å². The highest BCUT2D eigenvalue weighted by Gasteiger charge is 2.32. The van der Waals surface area contributed by atoms with Crippen LogP contribution in [-0.2, 0) is 0 Å². The standard InChI is InChI=1S/C29H26F2N6O4/c1-18-34-35-27(39-18)25(19-6-4-3-5-7-19)36-12-14-37(15-13-36)28(38)23-16-20(10-11-32-23)26-33-22-17-21(41-29(2,30)31)8-9-24(22)40-26/h3-11,16-17,25H,12-15H2,1-2H3/t25-/m1/s1. The zero-order valence-electron chi connectivity index (χ0n) is 22.3. The molecule has 2 aromatic carbocycles. The third-order valence-corrected chi connectivity index (χ3v) is 6.74. The lowest BCUT2D eigenvalue weighted by Gasteiger charge is -2.38. The summed E-state index contributed by atoms with van der Waals surface area (Å²) in [7, 11) is 0. The molecule has 0 spiro atoms. The molecular formula is C29H26F2N6O4. The van der Waals surface area contributed by atoms with Crippen LogP contribution in [0.2, 0.25) is 0 Å². The minimum atomic E-state index is -3.32. The van der Waals surface area contributed by atoms with Gasteiger partial charge in [0.1, 0.15) is 23.0 Å². The number of piperazine rings is 1. The Morgan fingerprint density at radius 2 is 1.78 bits per heavy atom. The van der Waals surface area contributed by atoms with Gasteiger partial charge in [0.25, 0.3) is 5.91 Å². The zero-order valence-corrected chi connectivity index (χ0v) is 22.3. The number of amides is 1. The summed E-state index contributed by atoms with van der Waals surface area (Å²) in [6, 6.07) is 17.3. The van der Waals surface area contributed by atoms with Crippen molar-refractivity contribution < 1.29 is 27.1 Å². The van der Waals surface area contributed by atoms with Gasteiger partial charge in [-0.25, -0.2) is 4.98 Å². The first kappa shape index (κ1) is 26.5. The van der Waals surface area contributed by atoms with Crippen LogP contribution < -0.4 is 4.74 Å². The molecule has 1 aliphatic rings. The van der Waals surface area contributed by atoms with E-state index in [0.29, 0.717) is 61.5 Å². The predicted octanol–water partition coefficient (Wildman–Crippen LogP) is 5.12. The van der Waals surface area contributed by atoms with Crippen molar-refractivity contribution in [2.24, 2.45) is 0 Å². The first-order valence-electron chi connectivity index (χ1n) is 13.1. The lowest BCUT2D eigenvalue weighted by atomic mass is 10.0. The number of aryl methyl sites for hydroxylation is 1. The van der Waals surface area contributed by atoms with Gasteiger partial charge in [0.2, 0.25) is 17.7 Å². The number of pyridine rings is 1. The van der Waals surface area contributed by atoms with Gasteiger partial charge in [-0.15, -0.1) is 10.2 Å². The molecule has 0 saturated carbocycles. The number of fused-ring (bicyclic) bond motifs is 1. The largest absolute Gasteiger partial charge is 0.436 e. The monoisotopic (exact) mass is 560 g/mol. The highest BCUT2D eigenvalue weighted by atomic mass is 19.3. The van der Waals surface area contributed by atoms with Gasteiger partial charge in [-0.3, -0.25) is 14.7 Å². The van der Waals surface area contributed by atoms with Crippen LogP contribution >= 0.6 is 0 Å². The number of alkyl halides is 2. The molecule has 41 heavy (non-hydrogen) atoms. The molecule has 3 aromatic heterocycles. The maximum atomic E-state index is 13.4. The minimum Gasteiger partial charge on any atom is -0.436 e. The quantitative estimate of drug-likeness (QED) is 0.268. The number of benzene rings is 2. The fourth-order valence-corrected chi connectivity index (χ4v) is 4.89. The highest BCUT2D eigenvalue weighted by molar-refractivity contribution is 5.93. The second-order valence-corrected chi connectivity index (χ2v) is 9.79. The smallest absolute Gasteiger partial charge is 0.394 e. The maximum absolute atomic E-state index is 13.4. The average molecular weight is 561 g/mol. The first-order valence-corrected chi connectivity index (χ1v) is 13.1. The molecular weight excluding hydrogens is 534 g/mol. The molecule has 10 nitrogen and oxygen atoms in total. The number of nitrogens with zero attached hydrogens (tertiary/aromatic N) is 6. The summed E-state index contributed by atoms with van der Waals surface area (Å²) in [5.74, 6) is 1.01. The van der Waals surface area contributed by atoms with Gasteiger partial charge in [-0.2, -0.15) is 8.78 Å². The summed E-state index contributed by atoms with van der Waals surface area (Å²) < 4.78 is 42.7. The number of hydrogen-bond donors (Lipinski definition) is 0. The Kier molecular flexibility index (Phi) is 6.91. The topological polar surface area (TPSA) is 111 Å². The van der Waals surface area contributed by atoms with E-state index in [9.17, 15) is 13.6 Å². The molecule has 6 rings (SSSR count). The van der Waals surface area contributed by atoms with Gasteiger partial charge < -0.3 is 18.5 Å². The molecule has 0 bridgehead atoms. The summed E-state index contributed by atoms with van der Waals surface area (Å²) in [5, 5.41) is 8.28. The zero-order chi connectivity index (χ0) is 28.6. The molecule has 0 N–H and O–H groups in total. The van der Waals surface area contributed by atoms with E-state index < -0.39 is 6.11 Å². The van der Waals surface area contributed by atoms with Crippen molar-refractivity contribution in [2.75, 3.05) is 26.2 Å². The number of hydrogen-bond acceptors (Lipinski definition) is 9. The summed E-state index contributed by atoms with van der Waals surface area (Å²) in [6.45, 7) is 4.58. The Bertz CT molecular complexity index is 1680. The lowest BCUT2D eigenvalue weighted by molar-refractivity contribution is -0.158. The van der Waals surface area contributed by atoms with Gasteiger partial charge >= 0.3 is 6.11 Å². The normalized spacial score (nSPS) is 15.3. The molecule has 1 fully saturated rings. The van der Waals surface area contributed by atoms with E-state index in [1.54, 1.807) is 24.0 Å². The molecule has 4 heterocycles. The van der Waals surface area contributed by atoms with Crippen LogP contribution in [0.25, 0.3) is 22.6 Å². The van der Waals surface area contributed by atoms with Crippen LogP contribution in [0.5, 0.6) is 5.75 Å². The molecule has 1 saturated heterocycles. The predicted molar refractivity (Wildman–Crippen MR) is 143 cm³/mol. The van der Waals surface area contributed by atoms with Crippen LogP contribution in [0.4, 0.5) is 8.78 Å². The van der Waals surface area contributed by atoms with Gasteiger partial charge in [0, 0.05) is 57.9 Å². The van der Waals surface area contributed by atoms with Gasteiger partial charge in [0.05, 0.1) is 0 Å². The summed E-state index contributed by atoms with van der Waals surface area (Å²) in [4.78, 5) is 26.1. The molecule has 1 amide bonds. The number of carbonyl (C=O) groups is 1. The van der Waals surface area contributed by atoms with Crippen LogP contribution in [0, 0.1) is 6.92 Å². The van der Waals surface area contributed by atoms with Crippen molar-refractivity contribution >= 4 is 17.0 Å². The number of halogens is 2. The molecule has 0 aliphatic carbocycles. The fraction of sp³-hybridized carbons (Fsp3) is 0.276. The lowest BCUT2D eigenvalue weighted by Crippen LogP contribution is -2.50. The van der Waals surface area contributed by atoms with Crippen molar-refractivity contribution in [1.29, 1.82) is 0 Å². The third-order valence-electron chi connectivity index (χ3n) is 6.74. The number of rotatable bonds is 7. The average Bonchev–Trinajstić information content (AvgIpc) is 3.59. The molecule has 0 unspecified atom stereocenters. The first-order chi connectivity index (χ1) is 19.7. The Balaban J connectivity index is 1.17. The Labute approximate surface area is 233 Å². The Morgan fingerprint density at radius 3 is 2.49 bits per heavy atom. The van der Waals surface area contributed by atoms with E-state index >= 15 is 0 Å². The number of oxazole rings is 1. The molecule has 1 aliphatic heterocycles. The van der Waals surface area contributed by atoms with Crippen molar-refractivity contribution in [3.63, 3.8) is 0 Å². The van der Waals surface area contributed by atoms with Crippen molar-refractivity contribution in [2.45, 2.75) is 26.0 Å². The van der Waals surface area contributed by atoms with Gasteiger partial charge in [-0.1, -0.05) is 30.3 Å². The van der Waals surface area contributed by atoms with Crippen LogP contribution in [-0.4, -0.2) is 68.2 Å². The molecule has 12 heteroatoms. The summed E-state index contributed by atoms with van der Waals surface area (Å²) in [6.07, 6.45) is -1.80. The van der Waals surface area contributed by atoms with E-state index in [-0.39, 0.29) is 29.3 Å². The number of carbonyl (C=O) groups excluding carboxylic acids is 1. The van der Waals surface area contributed by atoms with E-state index in [1.165, 1.54) is 24.4 Å². The van der Waals surface area contributed by atoms with E-state index in [2.05, 4.69) is 29.8 Å². The molecule has 210 valence electrons. The Morgan fingerprint density at radius 1 is 1.00 bits per heavy atom. The molecule has 5 aromatic rings. The maximum Gasteiger partial charge on any atom is 0.394 e. The van der Waals surface area contributed by atoms with Crippen molar-refractivity contribution in [3.05, 3.63) is 89.9 Å². The fourth-order valence-electron chi connectivity index (χ4n) is 4.89. The van der Waals surface area contributed by atoms with Gasteiger partial charge in [-0.05, 0) is 29.8 Å². The van der Waals surface area contributed by atoms with Crippen LogP contribution in [0.1, 0.15) is 40.8 Å². The second kappa shape index (κ2) is 10.7. The molecule has 1 atom stereocenters. The minimum absolute atomic E-state index is 0.0293. The van der Waals surface area contributed by atoms with Crippen molar-refractivity contribution in [1.82, 2.24) is 30.0 Å². The second-order valence-electron chi connectivity index (χ2n) is 9.79. The van der Waals surface area contributed by atoms with E-state index in [0.717, 1.165) is 5.56 Å². The SMILES string of the molecule is Cc1nnc([C@@H](c2ccccc2)N2CCN(C(=O)c3cc(-c4nc5cc(OC(C)(F)F)ccc5o4)ccn3)CC2)o1. The third kappa shape index (κ3) is 5.78. The summed E-state index contributed by atoms with van der Waals surface area (Å²) >= 11 is 0. The van der Waals surface area contributed by atoms with Crippen LogP contribution in [0.3, 0.4) is 0 Å². The highest BCUT2D eigenvalue weighted by Crippen LogP contribution is 2.31. The summed E-state index contributed by atoms with van der Waals surface area (Å²) in [5.41, 5.74) is 2.58. The van der Waals surface area contributed by atoms with E-state index in [1.807, 2.05) is 30.3 Å². The number of aromatic nitrogens is 4.